The third-order valence-electron chi connectivity index (χ3n) is 10.1. The van der Waals surface area contributed by atoms with Crippen LogP contribution >= 0.6 is 0 Å². The largest absolute Gasteiger partial charge is 0.407 e. The molecule has 0 saturated carbocycles. The fourth-order valence-electron chi connectivity index (χ4n) is 6.39. The molecule has 1 saturated heterocycles. The van der Waals surface area contributed by atoms with Gasteiger partial charge in [0.25, 0.3) is 0 Å². The Labute approximate surface area is 237 Å². The zero-order valence-electron chi connectivity index (χ0n) is 26.7. The van der Waals surface area contributed by atoms with E-state index in [9.17, 15) is 4.79 Å². The second kappa shape index (κ2) is 13.9. The predicted molar refractivity (Wildman–Crippen MR) is 167 cm³/mol. The lowest BCUT2D eigenvalue weighted by atomic mass is 9.83. The molecule has 0 aromatic carbocycles. The second-order valence-corrected chi connectivity index (χ2v) is 22.5. The number of carbonyl (C=O) groups excluding carboxylic acids is 1. The van der Waals surface area contributed by atoms with Crippen molar-refractivity contribution >= 4 is 22.4 Å². The molecule has 0 aromatic heterocycles. The molecule has 2 aliphatic rings. The van der Waals surface area contributed by atoms with Gasteiger partial charge in [-0.3, -0.25) is 4.79 Å². The average molecular weight is 565 g/mol. The van der Waals surface area contributed by atoms with Crippen molar-refractivity contribution in [3.8, 4) is 0 Å². The first-order chi connectivity index (χ1) is 17.8. The van der Waals surface area contributed by atoms with E-state index in [4.69, 9.17) is 13.6 Å². The molecule has 2 aliphatic heterocycles. The summed E-state index contributed by atoms with van der Waals surface area (Å²) in [6.45, 7) is 24.6. The summed E-state index contributed by atoms with van der Waals surface area (Å²) in [5, 5.41) is 0. The number of allylic oxidation sites excluding steroid dienone is 3. The van der Waals surface area contributed by atoms with Crippen molar-refractivity contribution in [1.29, 1.82) is 0 Å². The molecule has 1 fully saturated rings. The number of hydrogen-bond acceptors (Lipinski definition) is 4. The average Bonchev–Trinajstić information content (AvgIpc) is 3.33. The molecule has 4 nitrogen and oxygen atoms in total. The molecular formula is C32H60O4Si2. The van der Waals surface area contributed by atoms with E-state index in [-0.39, 0.29) is 23.2 Å². The number of rotatable bonds is 10. The predicted octanol–water partition coefficient (Wildman–Crippen LogP) is 9.09. The normalized spacial score (nSPS) is 34.6. The van der Waals surface area contributed by atoms with Gasteiger partial charge >= 0.3 is 0 Å². The second-order valence-electron chi connectivity index (χ2n) is 13.1. The highest BCUT2D eigenvalue weighted by molar-refractivity contribution is 6.74. The van der Waals surface area contributed by atoms with E-state index in [1.54, 1.807) is 0 Å². The first kappa shape index (κ1) is 33.7. The highest BCUT2D eigenvalue weighted by Gasteiger charge is 2.54. The molecule has 2 heterocycles. The number of ether oxygens (including phenoxy) is 1. The highest BCUT2D eigenvalue weighted by atomic mass is 28.4. The van der Waals surface area contributed by atoms with Gasteiger partial charge in [-0.05, 0) is 74.3 Å². The van der Waals surface area contributed by atoms with Gasteiger partial charge in [0.1, 0.15) is 12.2 Å². The van der Waals surface area contributed by atoms with Crippen LogP contribution in [0.4, 0.5) is 0 Å². The van der Waals surface area contributed by atoms with Crippen molar-refractivity contribution < 1.29 is 18.4 Å². The van der Waals surface area contributed by atoms with Crippen LogP contribution in [0.15, 0.2) is 24.3 Å². The molecule has 0 aromatic rings. The first-order valence-corrected chi connectivity index (χ1v) is 20.8. The Balaban J connectivity index is 2.68. The van der Waals surface area contributed by atoms with Crippen LogP contribution in [0.5, 0.6) is 0 Å². The summed E-state index contributed by atoms with van der Waals surface area (Å²) in [5.74, 6) is 0.551. The summed E-state index contributed by atoms with van der Waals surface area (Å²) in [6, 6.07) is 6.12. The summed E-state index contributed by atoms with van der Waals surface area (Å²) < 4.78 is 21.2. The van der Waals surface area contributed by atoms with Crippen molar-refractivity contribution in [3.63, 3.8) is 0 Å². The van der Waals surface area contributed by atoms with Gasteiger partial charge in [-0.25, -0.2) is 0 Å². The van der Waals surface area contributed by atoms with Crippen LogP contribution in [0, 0.1) is 17.3 Å². The fourth-order valence-corrected chi connectivity index (χ4v) is 12.1. The molecule has 220 valence electrons. The van der Waals surface area contributed by atoms with Crippen LogP contribution in [0.25, 0.3) is 0 Å². The summed E-state index contributed by atoms with van der Waals surface area (Å²) in [5.41, 5.74) is -0.767. The Bertz CT molecular complexity index is 798. The molecule has 6 atom stereocenters. The zero-order chi connectivity index (χ0) is 28.8. The lowest BCUT2D eigenvalue weighted by Crippen LogP contribution is -2.58. The van der Waals surface area contributed by atoms with Gasteiger partial charge in [0, 0.05) is 5.41 Å². The van der Waals surface area contributed by atoms with Gasteiger partial charge in [0.15, 0.2) is 22.4 Å². The molecule has 0 unspecified atom stereocenters. The molecule has 2 rings (SSSR count). The lowest BCUT2D eigenvalue weighted by molar-refractivity contribution is -0.159. The maximum Gasteiger partial charge on any atom is 0.193 e. The van der Waals surface area contributed by atoms with E-state index in [1.165, 1.54) is 0 Å². The van der Waals surface area contributed by atoms with Crippen LogP contribution in [-0.2, 0) is 18.4 Å². The quantitative estimate of drug-likeness (QED) is 0.196. The third-order valence-corrected chi connectivity index (χ3v) is 19.4. The first-order valence-electron chi connectivity index (χ1n) is 15.7. The van der Waals surface area contributed by atoms with Gasteiger partial charge in [0.05, 0.1) is 11.7 Å². The molecule has 0 amide bonds. The van der Waals surface area contributed by atoms with Crippen LogP contribution in [-0.4, -0.2) is 46.3 Å². The van der Waals surface area contributed by atoms with Crippen molar-refractivity contribution in [1.82, 2.24) is 0 Å². The minimum Gasteiger partial charge on any atom is -0.407 e. The van der Waals surface area contributed by atoms with E-state index in [0.29, 0.717) is 5.92 Å². The van der Waals surface area contributed by atoms with Gasteiger partial charge in [-0.15, -0.1) is 0 Å². The van der Waals surface area contributed by atoms with E-state index < -0.39 is 34.4 Å². The Morgan fingerprint density at radius 3 is 1.92 bits per heavy atom. The van der Waals surface area contributed by atoms with E-state index >= 15 is 0 Å². The summed E-state index contributed by atoms with van der Waals surface area (Å²) in [4.78, 5) is 14.9. The third kappa shape index (κ3) is 7.60. The van der Waals surface area contributed by atoms with Gasteiger partial charge in [0.2, 0.25) is 0 Å². The fraction of sp³-hybridized carbons (Fsp3) is 0.844. The molecule has 6 heteroatoms. The number of carbonyl (C=O) groups is 1. The molecular weight excluding hydrogens is 505 g/mol. The monoisotopic (exact) mass is 564 g/mol. The number of fused-ring (bicyclic) bond motifs is 2. The minimum absolute atomic E-state index is 0.0508. The molecule has 0 N–H and O–H groups in total. The van der Waals surface area contributed by atoms with E-state index in [1.807, 2.05) is 0 Å². The van der Waals surface area contributed by atoms with Crippen LogP contribution in [0.2, 0.25) is 36.3 Å². The van der Waals surface area contributed by atoms with E-state index in [2.05, 4.69) is 100 Å². The Kier molecular flexibility index (Phi) is 12.3. The lowest BCUT2D eigenvalue weighted by Gasteiger charge is -2.44. The molecule has 0 spiro atoms. The zero-order valence-corrected chi connectivity index (χ0v) is 28.7. The molecule has 2 bridgehead atoms. The SMILES string of the molecule is CC[Si](CC)(CC)O[C@@H]1C(=O)[C@H](O[Si](CC)(CC)CC)[C@H](C)C/C=C/[C@@H](C)/C=C/C(C)(C)[C@@H]2CC[C@@]1(C)O2. The topological polar surface area (TPSA) is 44.8 Å². The van der Waals surface area contributed by atoms with Gasteiger partial charge in [-0.1, -0.05) is 93.5 Å². The maximum atomic E-state index is 14.9. The Hall–Kier alpha value is -0.536. The van der Waals surface area contributed by atoms with Crippen molar-refractivity contribution in [2.75, 3.05) is 0 Å². The van der Waals surface area contributed by atoms with Crippen LogP contribution in [0.1, 0.15) is 95.4 Å². The van der Waals surface area contributed by atoms with Gasteiger partial charge in [-0.2, -0.15) is 0 Å². The number of Topliss-reactive ketones (excluding diaryl/α,β-unsaturated/α-hetero) is 1. The Morgan fingerprint density at radius 1 is 0.868 bits per heavy atom. The standard InChI is InChI=1S/C32H60O4Si2/c1-12-37(13-2,14-3)35-29-26(8)20-18-19-25(7)21-23-31(9,10)27-22-24-32(11,34-27)30(28(29)33)36-38(15-4,16-5)17-6/h18-19,21,23,25-27,29-30H,12-17,20,22,24H2,1-11H3/b19-18+,23-21+/t25-,26-,27+,29-,30-,32-/m1/s1. The molecule has 0 aliphatic carbocycles. The minimum atomic E-state index is -2.09. The van der Waals surface area contributed by atoms with Crippen LogP contribution < -0.4 is 0 Å². The molecule has 0 radical (unpaired) electrons. The maximum absolute atomic E-state index is 14.9. The number of ketones is 1. The Morgan fingerprint density at radius 2 is 1.39 bits per heavy atom. The van der Waals surface area contributed by atoms with E-state index in [0.717, 1.165) is 55.5 Å². The molecule has 38 heavy (non-hydrogen) atoms. The summed E-state index contributed by atoms with van der Waals surface area (Å²) in [6.07, 6.45) is 10.8. The van der Waals surface area contributed by atoms with Crippen molar-refractivity contribution in [3.05, 3.63) is 24.3 Å². The summed E-state index contributed by atoms with van der Waals surface area (Å²) in [7, 11) is -4.13. The smallest absolute Gasteiger partial charge is 0.193 e. The summed E-state index contributed by atoms with van der Waals surface area (Å²) >= 11 is 0. The van der Waals surface area contributed by atoms with Gasteiger partial charge < -0.3 is 13.6 Å². The van der Waals surface area contributed by atoms with Crippen molar-refractivity contribution in [2.45, 2.75) is 156 Å². The van der Waals surface area contributed by atoms with Crippen molar-refractivity contribution in [2.24, 2.45) is 17.3 Å². The highest BCUT2D eigenvalue weighted by Crippen LogP contribution is 2.45. The number of hydrogen-bond donors (Lipinski definition) is 0. The van der Waals surface area contributed by atoms with Crippen LogP contribution in [0.3, 0.4) is 0 Å².